The molecule has 1 atom stereocenters. The molecule has 0 radical (unpaired) electrons. The van der Waals surface area contributed by atoms with Crippen LogP contribution in [-0.2, 0) is 9.59 Å². The average molecular weight is 250 g/mol. The van der Waals surface area contributed by atoms with Crippen LogP contribution in [-0.4, -0.2) is 28.8 Å². The van der Waals surface area contributed by atoms with Crippen molar-refractivity contribution >= 4 is 11.8 Å². The van der Waals surface area contributed by atoms with Crippen LogP contribution in [0.1, 0.15) is 39.0 Å². The summed E-state index contributed by atoms with van der Waals surface area (Å²) >= 11 is 0. The third-order valence-electron chi connectivity index (χ3n) is 3.25. The lowest BCUT2D eigenvalue weighted by Crippen LogP contribution is -2.53. The van der Waals surface area contributed by atoms with Crippen molar-refractivity contribution in [2.75, 3.05) is 6.54 Å². The Hall–Kier alpha value is -1.78. The molecule has 0 aliphatic carbocycles. The number of nitrogens with one attached hydrogen (secondary N) is 1. The molecule has 0 bridgehead atoms. The van der Waals surface area contributed by atoms with Gasteiger partial charge in [-0.2, -0.15) is 0 Å². The number of nitrogens with zero attached hydrogens (tertiary/aromatic N) is 1. The second-order valence-electron chi connectivity index (χ2n) is 5.11. The van der Waals surface area contributed by atoms with Gasteiger partial charge < -0.3 is 14.6 Å². The number of rotatable bonds is 2. The van der Waals surface area contributed by atoms with E-state index in [-0.39, 0.29) is 17.9 Å². The Labute approximate surface area is 106 Å². The van der Waals surface area contributed by atoms with Gasteiger partial charge in [0.15, 0.2) is 0 Å². The Kier molecular flexibility index (Phi) is 3.15. The first-order valence-corrected chi connectivity index (χ1v) is 6.07. The lowest BCUT2D eigenvalue weighted by molar-refractivity contribution is -0.139. The third kappa shape index (κ3) is 2.25. The molecule has 1 unspecified atom stereocenters. The average Bonchev–Trinajstić information content (AvgIpc) is 2.77. The van der Waals surface area contributed by atoms with Crippen molar-refractivity contribution in [3.05, 3.63) is 24.2 Å². The summed E-state index contributed by atoms with van der Waals surface area (Å²) in [6, 6.07) is 3.47. The summed E-state index contributed by atoms with van der Waals surface area (Å²) in [6.45, 7) is 5.76. The zero-order valence-corrected chi connectivity index (χ0v) is 10.9. The highest BCUT2D eigenvalue weighted by Crippen LogP contribution is 2.25. The highest BCUT2D eigenvalue weighted by Gasteiger charge is 2.39. The van der Waals surface area contributed by atoms with Crippen LogP contribution >= 0.6 is 0 Å². The van der Waals surface area contributed by atoms with Crippen molar-refractivity contribution in [2.24, 2.45) is 0 Å². The first-order valence-electron chi connectivity index (χ1n) is 6.07. The molecule has 0 spiro atoms. The van der Waals surface area contributed by atoms with E-state index < -0.39 is 5.54 Å². The highest BCUT2D eigenvalue weighted by atomic mass is 16.3. The molecule has 1 aromatic rings. The molecule has 2 rings (SSSR count). The molecule has 18 heavy (non-hydrogen) atoms. The van der Waals surface area contributed by atoms with Crippen LogP contribution in [0.5, 0.6) is 0 Å². The summed E-state index contributed by atoms with van der Waals surface area (Å²) in [6.07, 6.45) is 1.91. The summed E-state index contributed by atoms with van der Waals surface area (Å²) in [5.74, 6) is 0.549. The molecule has 2 amide bonds. The lowest BCUT2D eigenvalue weighted by atomic mass is 10.0. The second-order valence-corrected chi connectivity index (χ2v) is 5.11. The van der Waals surface area contributed by atoms with Crippen molar-refractivity contribution in [1.29, 1.82) is 0 Å². The van der Waals surface area contributed by atoms with E-state index in [4.69, 9.17) is 4.42 Å². The summed E-state index contributed by atoms with van der Waals surface area (Å²) in [5, 5.41) is 2.74. The van der Waals surface area contributed by atoms with E-state index in [2.05, 4.69) is 5.32 Å². The van der Waals surface area contributed by atoms with E-state index in [9.17, 15) is 9.59 Å². The first-order chi connectivity index (χ1) is 8.42. The van der Waals surface area contributed by atoms with Crippen molar-refractivity contribution in [1.82, 2.24) is 10.2 Å². The molecule has 1 N–H and O–H groups in total. The predicted molar refractivity (Wildman–Crippen MR) is 65.7 cm³/mol. The van der Waals surface area contributed by atoms with E-state index >= 15 is 0 Å². The Morgan fingerprint density at radius 2 is 2.17 bits per heavy atom. The fourth-order valence-electron chi connectivity index (χ4n) is 2.20. The molecular formula is C13H18N2O3. The molecule has 2 heterocycles. The van der Waals surface area contributed by atoms with Gasteiger partial charge in [-0.25, -0.2) is 0 Å². The SMILES string of the molecule is CC(c1ccco1)N1CCC(=O)NC(C)(C)C1=O. The molecule has 0 aromatic carbocycles. The van der Waals surface area contributed by atoms with Gasteiger partial charge in [0.05, 0.1) is 12.3 Å². The largest absolute Gasteiger partial charge is 0.467 e. The van der Waals surface area contributed by atoms with Crippen molar-refractivity contribution in [3.63, 3.8) is 0 Å². The quantitative estimate of drug-likeness (QED) is 0.864. The summed E-state index contributed by atoms with van der Waals surface area (Å²) in [5.41, 5.74) is -0.867. The van der Waals surface area contributed by atoms with Crippen LogP contribution in [0.25, 0.3) is 0 Å². The van der Waals surface area contributed by atoms with Gasteiger partial charge in [-0.3, -0.25) is 9.59 Å². The number of hydrogen-bond acceptors (Lipinski definition) is 3. The van der Waals surface area contributed by atoms with E-state index in [0.717, 1.165) is 5.76 Å². The maximum Gasteiger partial charge on any atom is 0.248 e. The second kappa shape index (κ2) is 4.48. The summed E-state index contributed by atoms with van der Waals surface area (Å²) in [7, 11) is 0. The molecule has 1 aliphatic heterocycles. The van der Waals surface area contributed by atoms with Gasteiger partial charge in [0.25, 0.3) is 0 Å². The van der Waals surface area contributed by atoms with Crippen molar-refractivity contribution in [3.8, 4) is 0 Å². The van der Waals surface area contributed by atoms with E-state index in [1.165, 1.54) is 0 Å². The van der Waals surface area contributed by atoms with E-state index in [1.54, 1.807) is 31.1 Å². The van der Waals surface area contributed by atoms with Crippen molar-refractivity contribution in [2.45, 2.75) is 38.8 Å². The van der Waals surface area contributed by atoms with Crippen molar-refractivity contribution < 1.29 is 14.0 Å². The minimum Gasteiger partial charge on any atom is -0.467 e. The summed E-state index contributed by atoms with van der Waals surface area (Å²) in [4.78, 5) is 25.7. The maximum atomic E-state index is 12.4. The molecule has 1 fully saturated rings. The molecule has 1 saturated heterocycles. The van der Waals surface area contributed by atoms with Crippen LogP contribution in [0.2, 0.25) is 0 Å². The number of carbonyl (C=O) groups is 2. The Bertz CT molecular complexity index is 451. The third-order valence-corrected chi connectivity index (χ3v) is 3.25. The molecular weight excluding hydrogens is 232 g/mol. The van der Waals surface area contributed by atoms with E-state index in [0.29, 0.717) is 13.0 Å². The van der Waals surface area contributed by atoms with Gasteiger partial charge in [-0.15, -0.1) is 0 Å². The molecule has 98 valence electrons. The van der Waals surface area contributed by atoms with Gasteiger partial charge in [-0.05, 0) is 32.9 Å². The first kappa shape index (κ1) is 12.7. The molecule has 1 aliphatic rings. The normalized spacial score (nSPS) is 21.4. The predicted octanol–water partition coefficient (Wildman–Crippen LogP) is 1.47. The lowest BCUT2D eigenvalue weighted by Gasteiger charge is -2.32. The number of carbonyl (C=O) groups excluding carboxylic acids is 2. The number of hydrogen-bond donors (Lipinski definition) is 1. The minimum absolute atomic E-state index is 0.0859. The maximum absolute atomic E-state index is 12.4. The highest BCUT2D eigenvalue weighted by molar-refractivity contribution is 5.93. The van der Waals surface area contributed by atoms with E-state index in [1.807, 2.05) is 13.0 Å². The fraction of sp³-hybridized carbons (Fsp3) is 0.538. The monoisotopic (exact) mass is 250 g/mol. The van der Waals surface area contributed by atoms with Crippen LogP contribution in [0.4, 0.5) is 0 Å². The molecule has 1 aromatic heterocycles. The zero-order valence-electron chi connectivity index (χ0n) is 10.9. The minimum atomic E-state index is -0.867. The van der Waals surface area contributed by atoms with Crippen LogP contribution in [0, 0.1) is 0 Å². The topological polar surface area (TPSA) is 62.6 Å². The smallest absolute Gasteiger partial charge is 0.248 e. The standard InChI is InChI=1S/C13H18N2O3/c1-9(10-5-4-8-18-10)15-7-6-11(16)14-13(2,3)12(15)17/h4-5,8-9H,6-7H2,1-3H3,(H,14,16). The van der Waals surface area contributed by atoms with Crippen LogP contribution < -0.4 is 5.32 Å². The van der Waals surface area contributed by atoms with Gasteiger partial charge in [0, 0.05) is 13.0 Å². The van der Waals surface area contributed by atoms with Gasteiger partial charge >= 0.3 is 0 Å². The van der Waals surface area contributed by atoms with Gasteiger partial charge in [-0.1, -0.05) is 0 Å². The van der Waals surface area contributed by atoms with Crippen LogP contribution in [0.15, 0.2) is 22.8 Å². The summed E-state index contributed by atoms with van der Waals surface area (Å²) < 4.78 is 5.33. The zero-order chi connectivity index (χ0) is 13.3. The Balaban J connectivity index is 2.26. The fourth-order valence-corrected chi connectivity index (χ4v) is 2.20. The number of amides is 2. The Morgan fingerprint density at radius 1 is 1.44 bits per heavy atom. The molecule has 5 heteroatoms. The number of furan rings is 1. The molecule has 0 saturated carbocycles. The van der Waals surface area contributed by atoms with Crippen LogP contribution in [0.3, 0.4) is 0 Å². The molecule has 5 nitrogen and oxygen atoms in total. The Morgan fingerprint density at radius 3 is 2.78 bits per heavy atom. The van der Waals surface area contributed by atoms with Gasteiger partial charge in [0.2, 0.25) is 11.8 Å². The van der Waals surface area contributed by atoms with Gasteiger partial charge in [0.1, 0.15) is 11.3 Å².